The lowest BCUT2D eigenvalue weighted by atomic mass is 10.3. The van der Waals surface area contributed by atoms with Gasteiger partial charge in [-0.3, -0.25) is 0 Å². The van der Waals surface area contributed by atoms with Crippen LogP contribution in [0.5, 0.6) is 0 Å². The Morgan fingerprint density at radius 2 is 2.40 bits per heavy atom. The Morgan fingerprint density at radius 1 is 1.53 bits per heavy atom. The number of nitrogens with zero attached hydrogens (tertiary/aromatic N) is 3. The summed E-state index contributed by atoms with van der Waals surface area (Å²) in [6, 6.07) is 5.64. The van der Waals surface area contributed by atoms with E-state index in [0.29, 0.717) is 10.6 Å². The molecule has 0 aliphatic rings. The maximum absolute atomic E-state index is 8.88. The zero-order valence-corrected chi connectivity index (χ0v) is 9.60. The van der Waals surface area contributed by atoms with Crippen LogP contribution < -0.4 is 0 Å². The molecule has 0 unspecified atom stereocenters. The molecule has 0 spiro atoms. The summed E-state index contributed by atoms with van der Waals surface area (Å²) in [5.74, 6) is 0. The van der Waals surface area contributed by atoms with Crippen LogP contribution >= 0.6 is 23.1 Å². The van der Waals surface area contributed by atoms with Crippen LogP contribution in [0.15, 0.2) is 33.1 Å². The molecule has 0 amide bonds. The molecule has 15 heavy (non-hydrogen) atoms. The Hall–Kier alpha value is -1.38. The number of nitriles is 1. The second kappa shape index (κ2) is 4.43. The fourth-order valence-electron chi connectivity index (χ4n) is 1.02. The van der Waals surface area contributed by atoms with Crippen molar-refractivity contribution in [1.82, 2.24) is 9.97 Å². The standard InChI is InChI=1S/C10H7N3S2/c1-7-6-14-10(13-7)15-9-8(5-11)3-2-4-12-9/h2-4,6H,1H3. The van der Waals surface area contributed by atoms with E-state index in [1.54, 1.807) is 29.7 Å². The van der Waals surface area contributed by atoms with Gasteiger partial charge in [0.1, 0.15) is 11.1 Å². The SMILES string of the molecule is Cc1csc(Sc2ncccc2C#N)n1. The average molecular weight is 233 g/mol. The molecule has 0 aliphatic carbocycles. The van der Waals surface area contributed by atoms with Crippen LogP contribution in [0.4, 0.5) is 0 Å². The molecule has 0 radical (unpaired) electrons. The van der Waals surface area contributed by atoms with E-state index in [-0.39, 0.29) is 0 Å². The Kier molecular flexibility index (Phi) is 2.99. The van der Waals surface area contributed by atoms with E-state index in [0.717, 1.165) is 10.0 Å². The molecule has 5 heteroatoms. The zero-order chi connectivity index (χ0) is 10.7. The summed E-state index contributed by atoms with van der Waals surface area (Å²) in [5.41, 5.74) is 1.59. The molecule has 0 atom stereocenters. The second-order valence-corrected chi connectivity index (χ2v) is 4.92. The summed E-state index contributed by atoms with van der Waals surface area (Å²) in [6.45, 7) is 1.95. The van der Waals surface area contributed by atoms with Crippen molar-refractivity contribution in [3.63, 3.8) is 0 Å². The normalized spacial score (nSPS) is 9.87. The van der Waals surface area contributed by atoms with Crippen LogP contribution in [-0.2, 0) is 0 Å². The van der Waals surface area contributed by atoms with Gasteiger partial charge >= 0.3 is 0 Å². The van der Waals surface area contributed by atoms with Gasteiger partial charge in [0.15, 0.2) is 4.34 Å². The lowest BCUT2D eigenvalue weighted by Gasteiger charge is -1.97. The fourth-order valence-corrected chi connectivity index (χ4v) is 2.81. The van der Waals surface area contributed by atoms with Gasteiger partial charge in [-0.1, -0.05) is 0 Å². The molecule has 0 N–H and O–H groups in total. The van der Waals surface area contributed by atoms with Crippen molar-refractivity contribution in [3.05, 3.63) is 35.0 Å². The summed E-state index contributed by atoms with van der Waals surface area (Å²) in [7, 11) is 0. The van der Waals surface area contributed by atoms with Crippen LogP contribution in [0.1, 0.15) is 11.3 Å². The van der Waals surface area contributed by atoms with Crippen molar-refractivity contribution in [2.45, 2.75) is 16.3 Å². The number of aromatic nitrogens is 2. The van der Waals surface area contributed by atoms with Gasteiger partial charge in [-0.25, -0.2) is 9.97 Å². The summed E-state index contributed by atoms with van der Waals surface area (Å²) in [6.07, 6.45) is 1.68. The number of hydrogen-bond donors (Lipinski definition) is 0. The van der Waals surface area contributed by atoms with Crippen LogP contribution in [0.25, 0.3) is 0 Å². The monoisotopic (exact) mass is 233 g/mol. The first kappa shape index (κ1) is 10.1. The zero-order valence-electron chi connectivity index (χ0n) is 7.97. The molecule has 0 aliphatic heterocycles. The van der Waals surface area contributed by atoms with Gasteiger partial charge in [0.25, 0.3) is 0 Å². The highest BCUT2D eigenvalue weighted by atomic mass is 32.2. The Bertz CT molecular complexity index is 513. The Labute approximate surface area is 95.8 Å². The summed E-state index contributed by atoms with van der Waals surface area (Å²) >= 11 is 3.00. The van der Waals surface area contributed by atoms with Gasteiger partial charge in [0.05, 0.1) is 5.56 Å². The topological polar surface area (TPSA) is 49.6 Å². The highest BCUT2D eigenvalue weighted by molar-refractivity contribution is 8.01. The predicted octanol–water partition coefficient (Wildman–Crippen LogP) is 2.87. The van der Waals surface area contributed by atoms with Crippen molar-refractivity contribution >= 4 is 23.1 Å². The van der Waals surface area contributed by atoms with E-state index in [4.69, 9.17) is 5.26 Å². The quantitative estimate of drug-likeness (QED) is 0.800. The molecule has 0 aromatic carbocycles. The molecular weight excluding hydrogens is 226 g/mol. The largest absolute Gasteiger partial charge is 0.248 e. The Balaban J connectivity index is 2.28. The third-order valence-corrected chi connectivity index (χ3v) is 3.75. The maximum atomic E-state index is 8.88. The maximum Gasteiger partial charge on any atom is 0.156 e. The summed E-state index contributed by atoms with van der Waals surface area (Å²) in [5, 5.41) is 11.6. The van der Waals surface area contributed by atoms with Crippen LogP contribution in [0, 0.1) is 18.3 Å². The number of aryl methyl sites for hydroxylation is 1. The highest BCUT2D eigenvalue weighted by Gasteiger charge is 2.07. The number of hydrogen-bond acceptors (Lipinski definition) is 5. The van der Waals surface area contributed by atoms with Gasteiger partial charge < -0.3 is 0 Å². The average Bonchev–Trinajstić information content (AvgIpc) is 2.65. The lowest BCUT2D eigenvalue weighted by Crippen LogP contribution is -1.84. The minimum Gasteiger partial charge on any atom is -0.248 e. The van der Waals surface area contributed by atoms with Gasteiger partial charge in [-0.05, 0) is 30.8 Å². The van der Waals surface area contributed by atoms with Crippen LogP contribution in [0.2, 0.25) is 0 Å². The third kappa shape index (κ3) is 2.35. The first-order chi connectivity index (χ1) is 7.29. The third-order valence-electron chi connectivity index (χ3n) is 1.67. The molecule has 2 aromatic rings. The molecule has 0 saturated heterocycles. The molecule has 0 bridgehead atoms. The predicted molar refractivity (Wildman–Crippen MR) is 59.9 cm³/mol. The molecule has 74 valence electrons. The minimum absolute atomic E-state index is 0.593. The fraction of sp³-hybridized carbons (Fsp3) is 0.100. The molecule has 2 aromatic heterocycles. The smallest absolute Gasteiger partial charge is 0.156 e. The Morgan fingerprint density at radius 3 is 3.07 bits per heavy atom. The van der Waals surface area contributed by atoms with E-state index in [1.807, 2.05) is 12.3 Å². The van der Waals surface area contributed by atoms with E-state index >= 15 is 0 Å². The number of thiazole rings is 1. The number of pyridine rings is 1. The van der Waals surface area contributed by atoms with Crippen molar-refractivity contribution < 1.29 is 0 Å². The number of rotatable bonds is 2. The lowest BCUT2D eigenvalue weighted by molar-refractivity contribution is 1.09. The first-order valence-electron chi connectivity index (χ1n) is 4.24. The highest BCUT2D eigenvalue weighted by Crippen LogP contribution is 2.30. The minimum atomic E-state index is 0.593. The van der Waals surface area contributed by atoms with Gasteiger partial charge in [0, 0.05) is 17.3 Å². The molecule has 3 nitrogen and oxygen atoms in total. The van der Waals surface area contributed by atoms with Crippen molar-refractivity contribution in [1.29, 1.82) is 5.26 Å². The van der Waals surface area contributed by atoms with E-state index in [2.05, 4.69) is 16.0 Å². The van der Waals surface area contributed by atoms with E-state index < -0.39 is 0 Å². The molecule has 2 rings (SSSR count). The summed E-state index contributed by atoms with van der Waals surface area (Å²) in [4.78, 5) is 8.47. The first-order valence-corrected chi connectivity index (χ1v) is 5.94. The molecule has 2 heterocycles. The molecular formula is C10H7N3S2. The second-order valence-electron chi connectivity index (χ2n) is 2.82. The van der Waals surface area contributed by atoms with Crippen LogP contribution in [-0.4, -0.2) is 9.97 Å². The van der Waals surface area contributed by atoms with Crippen molar-refractivity contribution in [2.75, 3.05) is 0 Å². The van der Waals surface area contributed by atoms with Crippen LogP contribution in [0.3, 0.4) is 0 Å². The summed E-state index contributed by atoms with van der Waals surface area (Å²) < 4.78 is 0.919. The molecule has 0 saturated carbocycles. The van der Waals surface area contributed by atoms with Crippen molar-refractivity contribution in [2.24, 2.45) is 0 Å². The van der Waals surface area contributed by atoms with Gasteiger partial charge in [0.2, 0.25) is 0 Å². The molecule has 0 fully saturated rings. The van der Waals surface area contributed by atoms with Crippen molar-refractivity contribution in [3.8, 4) is 6.07 Å². The van der Waals surface area contributed by atoms with E-state index in [1.165, 1.54) is 11.8 Å². The van der Waals surface area contributed by atoms with Gasteiger partial charge in [-0.2, -0.15) is 5.26 Å². The van der Waals surface area contributed by atoms with Gasteiger partial charge in [-0.15, -0.1) is 11.3 Å². The van der Waals surface area contributed by atoms with E-state index in [9.17, 15) is 0 Å².